The number of ether oxygens (including phenoxy) is 1. The van der Waals surface area contributed by atoms with Crippen LogP contribution in [0.25, 0.3) is 0 Å². The topological polar surface area (TPSA) is 58.6 Å². The molecule has 134 valence electrons. The van der Waals surface area contributed by atoms with E-state index in [1.54, 1.807) is 12.1 Å². The van der Waals surface area contributed by atoms with Gasteiger partial charge in [-0.2, -0.15) is 0 Å². The molecule has 0 aromatic heterocycles. The predicted octanol–water partition coefficient (Wildman–Crippen LogP) is 3.79. The highest BCUT2D eigenvalue weighted by Crippen LogP contribution is 2.28. The molecule has 0 atom stereocenters. The van der Waals surface area contributed by atoms with E-state index in [9.17, 15) is 8.42 Å². The number of nitrogens with one attached hydrogen (secondary N) is 1. The lowest BCUT2D eigenvalue weighted by atomic mass is 10.1. The predicted molar refractivity (Wildman–Crippen MR) is 101 cm³/mol. The number of anilines is 2. The van der Waals surface area contributed by atoms with Crippen molar-refractivity contribution in [3.05, 3.63) is 48.0 Å². The Morgan fingerprint density at radius 3 is 2.32 bits per heavy atom. The molecule has 2 aromatic rings. The van der Waals surface area contributed by atoms with Crippen molar-refractivity contribution in [1.82, 2.24) is 0 Å². The zero-order chi connectivity index (χ0) is 17.9. The van der Waals surface area contributed by atoms with Crippen LogP contribution < -0.4 is 14.4 Å². The summed E-state index contributed by atoms with van der Waals surface area (Å²) in [4.78, 5) is 2.49. The molecule has 0 saturated carbocycles. The summed E-state index contributed by atoms with van der Waals surface area (Å²) in [5, 5.41) is 0. The van der Waals surface area contributed by atoms with Gasteiger partial charge in [-0.3, -0.25) is 4.72 Å². The summed E-state index contributed by atoms with van der Waals surface area (Å²) in [6.45, 7) is 3.98. The number of hydrogen-bond acceptors (Lipinski definition) is 4. The van der Waals surface area contributed by atoms with E-state index in [0.29, 0.717) is 11.4 Å². The number of hydrogen-bond donors (Lipinski definition) is 1. The number of methoxy groups -OCH3 is 1. The van der Waals surface area contributed by atoms with Crippen molar-refractivity contribution < 1.29 is 13.2 Å². The van der Waals surface area contributed by atoms with Crippen LogP contribution in [0.3, 0.4) is 0 Å². The van der Waals surface area contributed by atoms with Crippen molar-refractivity contribution in [2.75, 3.05) is 29.8 Å². The molecule has 2 aromatic carbocycles. The van der Waals surface area contributed by atoms with Gasteiger partial charge in [0.1, 0.15) is 10.6 Å². The van der Waals surface area contributed by atoms with Gasteiger partial charge in [-0.25, -0.2) is 8.42 Å². The molecule has 5 nitrogen and oxygen atoms in total. The van der Waals surface area contributed by atoms with Crippen LogP contribution in [0, 0.1) is 6.92 Å². The molecule has 0 unspecified atom stereocenters. The van der Waals surface area contributed by atoms with Crippen LogP contribution in [-0.2, 0) is 10.0 Å². The number of nitrogens with zero attached hydrogens (tertiary/aromatic N) is 1. The Hall–Kier alpha value is -2.21. The lowest BCUT2D eigenvalue weighted by Gasteiger charge is -2.28. The Morgan fingerprint density at radius 1 is 1.00 bits per heavy atom. The smallest absolute Gasteiger partial charge is 0.265 e. The summed E-state index contributed by atoms with van der Waals surface area (Å²) in [6, 6.07) is 12.7. The molecule has 25 heavy (non-hydrogen) atoms. The second kappa shape index (κ2) is 7.35. The standard InChI is InChI=1S/C19H24N2O3S/c1-15-6-11-18(24-2)19(14-15)25(22,23)20-16-7-9-17(10-8-16)21-12-4-3-5-13-21/h6-11,14,20H,3-5,12-13H2,1-2H3. The molecule has 0 bridgehead atoms. The van der Waals surface area contributed by atoms with Gasteiger partial charge in [-0.1, -0.05) is 6.07 Å². The molecule has 1 aliphatic heterocycles. The minimum absolute atomic E-state index is 0.148. The van der Waals surface area contributed by atoms with E-state index >= 15 is 0 Å². The van der Waals surface area contributed by atoms with Crippen molar-refractivity contribution in [2.45, 2.75) is 31.1 Å². The summed E-state index contributed by atoms with van der Waals surface area (Å²) >= 11 is 0. The fourth-order valence-electron chi connectivity index (χ4n) is 3.10. The molecule has 1 saturated heterocycles. The van der Waals surface area contributed by atoms with Crippen LogP contribution in [-0.4, -0.2) is 28.6 Å². The Bertz CT molecular complexity index is 826. The van der Waals surface area contributed by atoms with Crippen molar-refractivity contribution in [2.24, 2.45) is 0 Å². The zero-order valence-corrected chi connectivity index (χ0v) is 15.5. The van der Waals surface area contributed by atoms with Crippen LogP contribution >= 0.6 is 0 Å². The first kappa shape index (κ1) is 17.6. The largest absolute Gasteiger partial charge is 0.495 e. The number of rotatable bonds is 5. The summed E-state index contributed by atoms with van der Waals surface area (Å²) < 4.78 is 33.3. The molecule has 1 N–H and O–H groups in total. The van der Waals surface area contributed by atoms with Gasteiger partial charge in [-0.05, 0) is 68.1 Å². The second-order valence-electron chi connectivity index (χ2n) is 6.35. The van der Waals surface area contributed by atoms with Gasteiger partial charge >= 0.3 is 0 Å². The fraction of sp³-hybridized carbons (Fsp3) is 0.368. The lowest BCUT2D eigenvalue weighted by Crippen LogP contribution is -2.29. The molecule has 0 spiro atoms. The van der Waals surface area contributed by atoms with E-state index in [-0.39, 0.29) is 4.90 Å². The van der Waals surface area contributed by atoms with E-state index in [1.165, 1.54) is 26.4 Å². The van der Waals surface area contributed by atoms with E-state index in [0.717, 1.165) is 24.3 Å². The average Bonchev–Trinajstić information content (AvgIpc) is 2.63. The first-order valence-corrected chi connectivity index (χ1v) is 10.0. The van der Waals surface area contributed by atoms with Gasteiger partial charge < -0.3 is 9.64 Å². The average molecular weight is 360 g/mol. The summed E-state index contributed by atoms with van der Waals surface area (Å²) in [6.07, 6.45) is 3.70. The third-order valence-electron chi connectivity index (χ3n) is 4.45. The first-order chi connectivity index (χ1) is 12.0. The molecule has 1 fully saturated rings. The van der Waals surface area contributed by atoms with Gasteiger partial charge in [0, 0.05) is 24.5 Å². The minimum Gasteiger partial charge on any atom is -0.495 e. The van der Waals surface area contributed by atoms with Crippen molar-refractivity contribution >= 4 is 21.4 Å². The van der Waals surface area contributed by atoms with Crippen molar-refractivity contribution in [3.8, 4) is 5.75 Å². The maximum Gasteiger partial charge on any atom is 0.265 e. The molecule has 0 radical (unpaired) electrons. The van der Waals surface area contributed by atoms with E-state index in [4.69, 9.17) is 4.74 Å². The number of piperidine rings is 1. The highest BCUT2D eigenvalue weighted by Gasteiger charge is 2.20. The van der Waals surface area contributed by atoms with Gasteiger partial charge in [0.05, 0.1) is 7.11 Å². The highest BCUT2D eigenvalue weighted by atomic mass is 32.2. The molecule has 0 amide bonds. The normalized spacial score (nSPS) is 15.0. The third-order valence-corrected chi connectivity index (χ3v) is 5.85. The van der Waals surface area contributed by atoms with Gasteiger partial charge in [0.15, 0.2) is 0 Å². The zero-order valence-electron chi connectivity index (χ0n) is 14.7. The second-order valence-corrected chi connectivity index (χ2v) is 8.01. The van der Waals surface area contributed by atoms with Gasteiger partial charge in [0.2, 0.25) is 0 Å². The monoisotopic (exact) mass is 360 g/mol. The Balaban J connectivity index is 1.80. The summed E-state index contributed by atoms with van der Waals surface area (Å²) in [5.74, 6) is 0.336. The maximum absolute atomic E-state index is 12.7. The van der Waals surface area contributed by atoms with E-state index < -0.39 is 10.0 Å². The SMILES string of the molecule is COc1ccc(C)cc1S(=O)(=O)Nc1ccc(N2CCCCC2)cc1. The van der Waals surface area contributed by atoms with Crippen molar-refractivity contribution in [1.29, 1.82) is 0 Å². The van der Waals surface area contributed by atoms with Crippen LogP contribution in [0.1, 0.15) is 24.8 Å². The summed E-state index contributed by atoms with van der Waals surface area (Å²) in [5.41, 5.74) is 2.54. The van der Waals surface area contributed by atoms with Crippen LogP contribution in [0.2, 0.25) is 0 Å². The van der Waals surface area contributed by atoms with Gasteiger partial charge in [0.25, 0.3) is 10.0 Å². The van der Waals surface area contributed by atoms with E-state index in [2.05, 4.69) is 9.62 Å². The Kier molecular flexibility index (Phi) is 5.18. The van der Waals surface area contributed by atoms with Crippen LogP contribution in [0.4, 0.5) is 11.4 Å². The number of sulfonamides is 1. The molecule has 0 aliphatic carbocycles. The first-order valence-electron chi connectivity index (χ1n) is 8.52. The maximum atomic E-state index is 12.7. The molecular formula is C19H24N2O3S. The minimum atomic E-state index is -3.70. The van der Waals surface area contributed by atoms with Crippen LogP contribution in [0.5, 0.6) is 5.75 Å². The van der Waals surface area contributed by atoms with Gasteiger partial charge in [-0.15, -0.1) is 0 Å². The lowest BCUT2D eigenvalue weighted by molar-refractivity contribution is 0.402. The third kappa shape index (κ3) is 4.07. The van der Waals surface area contributed by atoms with Crippen molar-refractivity contribution in [3.63, 3.8) is 0 Å². The number of benzene rings is 2. The fourth-order valence-corrected chi connectivity index (χ4v) is 4.41. The molecule has 6 heteroatoms. The Labute approximate surface area is 149 Å². The van der Waals surface area contributed by atoms with E-state index in [1.807, 2.05) is 37.3 Å². The quantitative estimate of drug-likeness (QED) is 0.881. The van der Waals surface area contributed by atoms with Crippen LogP contribution in [0.15, 0.2) is 47.4 Å². The molecular weight excluding hydrogens is 336 g/mol. The Morgan fingerprint density at radius 2 is 1.68 bits per heavy atom. The highest BCUT2D eigenvalue weighted by molar-refractivity contribution is 7.92. The molecule has 1 aliphatic rings. The molecule has 3 rings (SSSR count). The number of aryl methyl sites for hydroxylation is 1. The summed E-state index contributed by atoms with van der Waals surface area (Å²) in [7, 11) is -2.24. The molecule has 1 heterocycles.